The van der Waals surface area contributed by atoms with E-state index in [-0.39, 0.29) is 18.5 Å². The summed E-state index contributed by atoms with van der Waals surface area (Å²) in [5.74, 6) is -1.35. The molecule has 0 aromatic rings. The molecule has 0 fully saturated rings. The molecule has 0 aromatic heterocycles. The zero-order valence-corrected chi connectivity index (χ0v) is 16.0. The zero-order chi connectivity index (χ0) is 18.8. The fourth-order valence-corrected chi connectivity index (χ4v) is 2.92. The van der Waals surface area contributed by atoms with Crippen LogP contribution in [0.5, 0.6) is 0 Å². The smallest absolute Gasteiger partial charge is 0.333 e. The molecule has 0 aromatic carbocycles. The standard InChI is InChI=1S/C19H33NO5/c1-5-9-10-24-19(22)17-15(20)11-13(18(21)23-8-4)12-16(17)25-14(6-2)7-3/h12,14-17H,5-11,20H2,1-4H3/t15-,16+,17+/m0/s1. The summed E-state index contributed by atoms with van der Waals surface area (Å²) in [6.45, 7) is 8.53. The van der Waals surface area contributed by atoms with Gasteiger partial charge < -0.3 is 19.9 Å². The summed E-state index contributed by atoms with van der Waals surface area (Å²) in [7, 11) is 0. The van der Waals surface area contributed by atoms with Crippen molar-refractivity contribution in [3.8, 4) is 0 Å². The van der Waals surface area contributed by atoms with Gasteiger partial charge in [-0.05, 0) is 38.7 Å². The third-order valence-corrected chi connectivity index (χ3v) is 4.45. The topological polar surface area (TPSA) is 87.9 Å². The summed E-state index contributed by atoms with van der Waals surface area (Å²) in [5.41, 5.74) is 6.70. The van der Waals surface area contributed by atoms with Crippen molar-refractivity contribution in [3.63, 3.8) is 0 Å². The van der Waals surface area contributed by atoms with E-state index in [0.29, 0.717) is 18.8 Å². The van der Waals surface area contributed by atoms with Crippen LogP contribution in [0.25, 0.3) is 0 Å². The fraction of sp³-hybridized carbons (Fsp3) is 0.789. The van der Waals surface area contributed by atoms with Crippen molar-refractivity contribution in [2.75, 3.05) is 13.2 Å². The molecule has 25 heavy (non-hydrogen) atoms. The molecule has 3 atom stereocenters. The Balaban J connectivity index is 2.98. The molecule has 144 valence electrons. The Labute approximate surface area is 151 Å². The first-order valence-electron chi connectivity index (χ1n) is 9.43. The van der Waals surface area contributed by atoms with Gasteiger partial charge in [0.15, 0.2) is 0 Å². The molecule has 2 N–H and O–H groups in total. The molecule has 1 rings (SSSR count). The van der Waals surface area contributed by atoms with Gasteiger partial charge in [-0.25, -0.2) is 4.79 Å². The van der Waals surface area contributed by atoms with E-state index in [1.165, 1.54) is 0 Å². The van der Waals surface area contributed by atoms with Gasteiger partial charge >= 0.3 is 11.9 Å². The minimum atomic E-state index is -0.601. The van der Waals surface area contributed by atoms with Crippen LogP contribution in [0.2, 0.25) is 0 Å². The highest BCUT2D eigenvalue weighted by Gasteiger charge is 2.40. The van der Waals surface area contributed by atoms with Crippen molar-refractivity contribution in [1.29, 1.82) is 0 Å². The van der Waals surface area contributed by atoms with Crippen molar-refractivity contribution in [3.05, 3.63) is 11.6 Å². The molecule has 6 nitrogen and oxygen atoms in total. The van der Waals surface area contributed by atoms with E-state index in [9.17, 15) is 9.59 Å². The number of ether oxygens (including phenoxy) is 3. The Morgan fingerprint density at radius 1 is 1.20 bits per heavy atom. The SMILES string of the molecule is CCCCOC(=O)[C@@H]1[C@@H](N)CC(C(=O)OCC)=C[C@H]1OC(CC)CC. The molecule has 6 heteroatoms. The van der Waals surface area contributed by atoms with Crippen LogP contribution >= 0.6 is 0 Å². The highest BCUT2D eigenvalue weighted by molar-refractivity contribution is 5.89. The number of carbonyl (C=O) groups is 2. The third-order valence-electron chi connectivity index (χ3n) is 4.45. The normalized spacial score (nSPS) is 23.3. The maximum absolute atomic E-state index is 12.5. The number of nitrogens with two attached hydrogens (primary N) is 1. The van der Waals surface area contributed by atoms with Crippen molar-refractivity contribution in [2.45, 2.75) is 78.0 Å². The lowest BCUT2D eigenvalue weighted by atomic mass is 9.83. The molecule has 0 aliphatic heterocycles. The van der Waals surface area contributed by atoms with Gasteiger partial charge in [-0.15, -0.1) is 0 Å². The van der Waals surface area contributed by atoms with E-state index in [0.717, 1.165) is 25.7 Å². The predicted molar refractivity (Wildman–Crippen MR) is 95.9 cm³/mol. The Morgan fingerprint density at radius 2 is 1.88 bits per heavy atom. The molecule has 1 aliphatic carbocycles. The molecule has 0 radical (unpaired) electrons. The fourth-order valence-electron chi connectivity index (χ4n) is 2.92. The number of hydrogen-bond acceptors (Lipinski definition) is 6. The maximum atomic E-state index is 12.5. The summed E-state index contributed by atoms with van der Waals surface area (Å²) in [5, 5.41) is 0. The highest BCUT2D eigenvalue weighted by Crippen LogP contribution is 2.29. The van der Waals surface area contributed by atoms with Gasteiger partial charge in [-0.3, -0.25) is 4.79 Å². The first kappa shape index (κ1) is 21.6. The molecule has 1 aliphatic rings. The molecule has 0 heterocycles. The summed E-state index contributed by atoms with van der Waals surface area (Å²) in [4.78, 5) is 24.6. The largest absolute Gasteiger partial charge is 0.465 e. The van der Waals surface area contributed by atoms with Gasteiger partial charge in [0.25, 0.3) is 0 Å². The first-order chi connectivity index (χ1) is 12.0. The minimum Gasteiger partial charge on any atom is -0.465 e. The van der Waals surface area contributed by atoms with E-state index in [1.807, 2.05) is 20.8 Å². The molecule has 0 bridgehead atoms. The molecular weight excluding hydrogens is 322 g/mol. The van der Waals surface area contributed by atoms with Crippen LogP contribution in [0, 0.1) is 5.92 Å². The van der Waals surface area contributed by atoms with Crippen LogP contribution in [-0.4, -0.2) is 43.4 Å². The molecule has 0 amide bonds. The second-order valence-electron chi connectivity index (χ2n) is 6.37. The molecule has 0 spiro atoms. The Kier molecular flexibility index (Phi) is 9.75. The second-order valence-corrected chi connectivity index (χ2v) is 6.37. The van der Waals surface area contributed by atoms with Crippen LogP contribution in [0.4, 0.5) is 0 Å². The zero-order valence-electron chi connectivity index (χ0n) is 16.0. The quantitative estimate of drug-likeness (QED) is 0.479. The van der Waals surface area contributed by atoms with Gasteiger partial charge in [0.05, 0.1) is 25.4 Å². The van der Waals surface area contributed by atoms with Gasteiger partial charge in [0.1, 0.15) is 5.92 Å². The monoisotopic (exact) mass is 355 g/mol. The Bertz CT molecular complexity index is 459. The average Bonchev–Trinajstić information content (AvgIpc) is 2.59. The number of unbranched alkanes of at least 4 members (excludes halogenated alkanes) is 1. The number of carbonyl (C=O) groups excluding carboxylic acids is 2. The van der Waals surface area contributed by atoms with Gasteiger partial charge in [-0.1, -0.05) is 27.2 Å². The lowest BCUT2D eigenvalue weighted by Gasteiger charge is -2.34. The summed E-state index contributed by atoms with van der Waals surface area (Å²) >= 11 is 0. The Hall–Kier alpha value is -1.40. The average molecular weight is 355 g/mol. The Morgan fingerprint density at radius 3 is 2.44 bits per heavy atom. The lowest BCUT2D eigenvalue weighted by molar-refractivity contribution is -0.157. The maximum Gasteiger partial charge on any atom is 0.333 e. The van der Waals surface area contributed by atoms with Gasteiger partial charge in [0.2, 0.25) is 0 Å². The third kappa shape index (κ3) is 6.44. The van der Waals surface area contributed by atoms with Crippen molar-refractivity contribution >= 4 is 11.9 Å². The van der Waals surface area contributed by atoms with Crippen LogP contribution in [0.3, 0.4) is 0 Å². The summed E-state index contributed by atoms with van der Waals surface area (Å²) < 4.78 is 16.5. The summed E-state index contributed by atoms with van der Waals surface area (Å²) in [6, 6.07) is -0.530. The van der Waals surface area contributed by atoms with Crippen LogP contribution in [0.15, 0.2) is 11.6 Å². The van der Waals surface area contributed by atoms with Gasteiger partial charge in [-0.2, -0.15) is 0 Å². The predicted octanol–water partition coefficient (Wildman–Crippen LogP) is 2.74. The second kappa shape index (κ2) is 11.3. The molecule has 0 saturated heterocycles. The van der Waals surface area contributed by atoms with E-state index < -0.39 is 24.0 Å². The highest BCUT2D eigenvalue weighted by atomic mass is 16.5. The summed E-state index contributed by atoms with van der Waals surface area (Å²) in [6.07, 6.45) is 4.83. The molecule has 0 unspecified atom stereocenters. The van der Waals surface area contributed by atoms with Crippen molar-refractivity contribution in [2.24, 2.45) is 11.7 Å². The lowest BCUT2D eigenvalue weighted by Crippen LogP contribution is -2.48. The molecule has 0 saturated carbocycles. The van der Waals surface area contributed by atoms with E-state index >= 15 is 0 Å². The minimum absolute atomic E-state index is 0.000868. The first-order valence-corrected chi connectivity index (χ1v) is 9.43. The number of esters is 2. The molecular formula is C19H33NO5. The van der Waals surface area contributed by atoms with Crippen LogP contribution in [0.1, 0.15) is 59.8 Å². The number of hydrogen-bond donors (Lipinski definition) is 1. The number of rotatable bonds is 10. The van der Waals surface area contributed by atoms with Crippen LogP contribution in [-0.2, 0) is 23.8 Å². The van der Waals surface area contributed by atoms with Crippen molar-refractivity contribution in [1.82, 2.24) is 0 Å². The van der Waals surface area contributed by atoms with E-state index in [4.69, 9.17) is 19.9 Å². The van der Waals surface area contributed by atoms with Crippen LogP contribution < -0.4 is 5.73 Å². The van der Waals surface area contributed by atoms with Crippen molar-refractivity contribution < 1.29 is 23.8 Å². The van der Waals surface area contributed by atoms with E-state index in [1.54, 1.807) is 13.0 Å². The van der Waals surface area contributed by atoms with E-state index in [2.05, 4.69) is 0 Å². The van der Waals surface area contributed by atoms with Gasteiger partial charge in [0, 0.05) is 11.6 Å².